The third kappa shape index (κ3) is 3.51. The molecule has 0 aliphatic rings. The number of hydrogen-bond donors (Lipinski definition) is 2. The van der Waals surface area contributed by atoms with Gasteiger partial charge in [-0.1, -0.05) is 30.3 Å². The highest BCUT2D eigenvalue weighted by Crippen LogP contribution is 2.27. The van der Waals surface area contributed by atoms with Crippen molar-refractivity contribution in [3.05, 3.63) is 59.7 Å². The highest BCUT2D eigenvalue weighted by atomic mass is 16.5. The molecule has 0 unspecified atom stereocenters. The maximum atomic E-state index is 12.6. The SMILES string of the molecule is COc1ccc(NC(=O)C(C)(C)c2ccccc2)cc1C(N)=O. The zero-order valence-electron chi connectivity index (χ0n) is 13.4. The lowest BCUT2D eigenvalue weighted by Gasteiger charge is -2.24. The molecule has 5 nitrogen and oxygen atoms in total. The van der Waals surface area contributed by atoms with Crippen molar-refractivity contribution in [2.75, 3.05) is 12.4 Å². The molecule has 0 atom stereocenters. The minimum atomic E-state index is -0.714. The molecule has 0 aromatic heterocycles. The van der Waals surface area contributed by atoms with E-state index in [1.807, 2.05) is 44.2 Å². The summed E-state index contributed by atoms with van der Waals surface area (Å²) in [5.41, 5.74) is 6.24. The molecule has 2 rings (SSSR count). The standard InChI is InChI=1S/C18H20N2O3/c1-18(2,12-7-5-4-6-8-12)17(22)20-13-9-10-15(23-3)14(11-13)16(19)21/h4-11H,1-3H3,(H2,19,21)(H,20,22). The lowest BCUT2D eigenvalue weighted by atomic mass is 9.83. The van der Waals surface area contributed by atoms with Crippen molar-refractivity contribution in [1.82, 2.24) is 0 Å². The van der Waals surface area contributed by atoms with Gasteiger partial charge in [0.25, 0.3) is 5.91 Å². The molecule has 0 radical (unpaired) electrons. The van der Waals surface area contributed by atoms with Crippen molar-refractivity contribution in [3.63, 3.8) is 0 Å². The molecule has 2 aromatic rings. The summed E-state index contributed by atoms with van der Waals surface area (Å²) in [6.07, 6.45) is 0. The summed E-state index contributed by atoms with van der Waals surface area (Å²) in [6, 6.07) is 14.3. The predicted molar refractivity (Wildman–Crippen MR) is 89.6 cm³/mol. The number of nitrogens with two attached hydrogens (primary N) is 1. The number of carbonyl (C=O) groups excluding carboxylic acids is 2. The minimum absolute atomic E-state index is 0.177. The first-order valence-electron chi connectivity index (χ1n) is 7.21. The number of rotatable bonds is 5. The van der Waals surface area contributed by atoms with Crippen LogP contribution in [-0.2, 0) is 10.2 Å². The van der Waals surface area contributed by atoms with Gasteiger partial charge >= 0.3 is 0 Å². The van der Waals surface area contributed by atoms with E-state index < -0.39 is 11.3 Å². The van der Waals surface area contributed by atoms with E-state index in [9.17, 15) is 9.59 Å². The summed E-state index contributed by atoms with van der Waals surface area (Å²) < 4.78 is 5.09. The Kier molecular flexibility index (Phi) is 4.69. The van der Waals surface area contributed by atoms with E-state index in [0.717, 1.165) is 5.56 Å². The molecule has 5 heteroatoms. The number of nitrogens with one attached hydrogen (secondary N) is 1. The molecule has 0 spiro atoms. The number of ether oxygens (including phenoxy) is 1. The molecule has 0 aliphatic heterocycles. The molecule has 0 bridgehead atoms. The highest BCUT2D eigenvalue weighted by Gasteiger charge is 2.29. The van der Waals surface area contributed by atoms with Crippen molar-refractivity contribution >= 4 is 17.5 Å². The van der Waals surface area contributed by atoms with E-state index in [0.29, 0.717) is 11.4 Å². The van der Waals surface area contributed by atoms with E-state index in [1.54, 1.807) is 12.1 Å². The van der Waals surface area contributed by atoms with E-state index in [2.05, 4.69) is 5.32 Å². The number of hydrogen-bond acceptors (Lipinski definition) is 3. The van der Waals surface area contributed by atoms with E-state index in [1.165, 1.54) is 13.2 Å². The number of anilines is 1. The lowest BCUT2D eigenvalue weighted by molar-refractivity contribution is -0.120. The Labute approximate surface area is 135 Å². The van der Waals surface area contributed by atoms with Crippen molar-refractivity contribution in [3.8, 4) is 5.75 Å². The van der Waals surface area contributed by atoms with Gasteiger partial charge in [-0.2, -0.15) is 0 Å². The van der Waals surface area contributed by atoms with Crippen LogP contribution in [0, 0.1) is 0 Å². The third-order valence-electron chi connectivity index (χ3n) is 3.79. The van der Waals surface area contributed by atoms with Crippen LogP contribution in [0.25, 0.3) is 0 Å². The Morgan fingerprint density at radius 3 is 2.30 bits per heavy atom. The molecular formula is C18H20N2O3. The van der Waals surface area contributed by atoms with Crippen LogP contribution in [0.2, 0.25) is 0 Å². The predicted octanol–water partition coefficient (Wildman–Crippen LogP) is 2.71. The quantitative estimate of drug-likeness (QED) is 0.890. The van der Waals surface area contributed by atoms with Crippen LogP contribution in [0.5, 0.6) is 5.75 Å². The Hall–Kier alpha value is -2.82. The maximum Gasteiger partial charge on any atom is 0.252 e. The first kappa shape index (κ1) is 16.5. The summed E-state index contributed by atoms with van der Waals surface area (Å²) in [6.45, 7) is 3.69. The first-order chi connectivity index (χ1) is 10.9. The van der Waals surface area contributed by atoms with Gasteiger partial charge in [-0.05, 0) is 37.6 Å². The third-order valence-corrected chi connectivity index (χ3v) is 3.79. The second-order valence-corrected chi connectivity index (χ2v) is 5.72. The highest BCUT2D eigenvalue weighted by molar-refractivity contribution is 6.01. The van der Waals surface area contributed by atoms with Gasteiger partial charge in [-0.25, -0.2) is 0 Å². The molecule has 0 fully saturated rings. The van der Waals surface area contributed by atoms with Gasteiger partial charge in [0.15, 0.2) is 0 Å². The molecule has 23 heavy (non-hydrogen) atoms. The van der Waals surface area contributed by atoms with Crippen LogP contribution < -0.4 is 15.8 Å². The van der Waals surface area contributed by atoms with Gasteiger partial charge in [0.05, 0.1) is 18.1 Å². The Bertz CT molecular complexity index is 724. The Balaban J connectivity index is 2.27. The molecule has 2 aromatic carbocycles. The fourth-order valence-electron chi connectivity index (χ4n) is 2.25. The van der Waals surface area contributed by atoms with Gasteiger partial charge in [-0.15, -0.1) is 0 Å². The normalized spacial score (nSPS) is 10.9. The maximum absolute atomic E-state index is 12.6. The van der Waals surface area contributed by atoms with Gasteiger partial charge in [0, 0.05) is 5.69 Å². The molecule has 0 aliphatic carbocycles. The molecule has 3 N–H and O–H groups in total. The number of primary amides is 1. The zero-order chi connectivity index (χ0) is 17.0. The number of carbonyl (C=O) groups is 2. The van der Waals surface area contributed by atoms with Crippen LogP contribution in [0.3, 0.4) is 0 Å². The van der Waals surface area contributed by atoms with E-state index in [4.69, 9.17) is 10.5 Å². The largest absolute Gasteiger partial charge is 0.496 e. The number of amides is 2. The molecule has 120 valence electrons. The summed E-state index contributed by atoms with van der Waals surface area (Å²) in [5.74, 6) is -0.414. The lowest BCUT2D eigenvalue weighted by Crippen LogP contribution is -2.34. The van der Waals surface area contributed by atoms with Crippen LogP contribution in [0.15, 0.2) is 48.5 Å². The molecular weight excluding hydrogens is 292 g/mol. The van der Waals surface area contributed by atoms with Crippen molar-refractivity contribution in [1.29, 1.82) is 0 Å². The summed E-state index contributed by atoms with van der Waals surface area (Å²) >= 11 is 0. The second kappa shape index (κ2) is 6.52. The average molecular weight is 312 g/mol. The first-order valence-corrected chi connectivity index (χ1v) is 7.21. The van der Waals surface area contributed by atoms with Gasteiger partial charge in [-0.3, -0.25) is 9.59 Å². The van der Waals surface area contributed by atoms with Crippen LogP contribution >= 0.6 is 0 Å². The molecule has 0 saturated carbocycles. The van der Waals surface area contributed by atoms with Crippen molar-refractivity contribution < 1.29 is 14.3 Å². The molecule has 2 amide bonds. The zero-order valence-corrected chi connectivity index (χ0v) is 13.4. The van der Waals surface area contributed by atoms with Crippen molar-refractivity contribution in [2.45, 2.75) is 19.3 Å². The number of benzene rings is 2. The second-order valence-electron chi connectivity index (χ2n) is 5.72. The fraction of sp³-hybridized carbons (Fsp3) is 0.222. The summed E-state index contributed by atoms with van der Waals surface area (Å²) in [4.78, 5) is 24.1. The van der Waals surface area contributed by atoms with Crippen LogP contribution in [0.4, 0.5) is 5.69 Å². The molecule has 0 saturated heterocycles. The van der Waals surface area contributed by atoms with Crippen LogP contribution in [-0.4, -0.2) is 18.9 Å². The van der Waals surface area contributed by atoms with Crippen molar-refractivity contribution in [2.24, 2.45) is 5.73 Å². The minimum Gasteiger partial charge on any atom is -0.496 e. The fourth-order valence-corrected chi connectivity index (χ4v) is 2.25. The Morgan fingerprint density at radius 1 is 1.09 bits per heavy atom. The smallest absolute Gasteiger partial charge is 0.252 e. The van der Waals surface area contributed by atoms with E-state index in [-0.39, 0.29) is 11.5 Å². The summed E-state index contributed by atoms with van der Waals surface area (Å²) in [7, 11) is 1.46. The average Bonchev–Trinajstić information content (AvgIpc) is 2.55. The van der Waals surface area contributed by atoms with E-state index >= 15 is 0 Å². The number of methoxy groups -OCH3 is 1. The van der Waals surface area contributed by atoms with Gasteiger partial charge in [0.2, 0.25) is 5.91 Å². The monoisotopic (exact) mass is 312 g/mol. The Morgan fingerprint density at radius 2 is 1.74 bits per heavy atom. The van der Waals surface area contributed by atoms with Crippen LogP contribution in [0.1, 0.15) is 29.8 Å². The topological polar surface area (TPSA) is 81.4 Å². The summed E-state index contributed by atoms with van der Waals surface area (Å²) in [5, 5.41) is 2.82. The molecule has 0 heterocycles. The van der Waals surface area contributed by atoms with Gasteiger partial charge < -0.3 is 15.8 Å². The van der Waals surface area contributed by atoms with Gasteiger partial charge in [0.1, 0.15) is 5.75 Å².